The summed E-state index contributed by atoms with van der Waals surface area (Å²) in [5.74, 6) is -0.359. The Bertz CT molecular complexity index is 571. The SMILES string of the molecule is CC1(C)OB(C(=Cc2ccc(CN)c(F)c2)CO)OC1(C)C. The normalized spacial score (nSPS) is 20.5. The minimum absolute atomic E-state index is 0.153. The first-order valence-electron chi connectivity index (χ1n) is 7.35. The summed E-state index contributed by atoms with van der Waals surface area (Å²) in [5.41, 5.74) is 6.12. The van der Waals surface area contributed by atoms with Gasteiger partial charge in [-0.1, -0.05) is 18.2 Å². The molecule has 0 unspecified atom stereocenters. The Kier molecular flexibility index (Phi) is 4.77. The molecule has 1 saturated heterocycles. The van der Waals surface area contributed by atoms with E-state index in [1.165, 1.54) is 6.07 Å². The third-order valence-corrected chi connectivity index (χ3v) is 4.39. The Morgan fingerprint density at radius 3 is 2.32 bits per heavy atom. The van der Waals surface area contributed by atoms with Crippen LogP contribution in [-0.4, -0.2) is 30.0 Å². The summed E-state index contributed by atoms with van der Waals surface area (Å²) in [6.45, 7) is 7.70. The lowest BCUT2D eigenvalue weighted by Gasteiger charge is -2.32. The molecular formula is C16H23BFNO3. The van der Waals surface area contributed by atoms with Crippen molar-refractivity contribution < 1.29 is 18.8 Å². The highest BCUT2D eigenvalue weighted by atomic mass is 19.1. The van der Waals surface area contributed by atoms with Crippen molar-refractivity contribution in [3.63, 3.8) is 0 Å². The van der Waals surface area contributed by atoms with Crippen molar-refractivity contribution in [2.75, 3.05) is 6.61 Å². The predicted molar refractivity (Wildman–Crippen MR) is 85.4 cm³/mol. The highest BCUT2D eigenvalue weighted by molar-refractivity contribution is 6.55. The molecular weight excluding hydrogens is 284 g/mol. The van der Waals surface area contributed by atoms with Gasteiger partial charge in [-0.25, -0.2) is 4.39 Å². The number of aliphatic hydroxyl groups excluding tert-OH is 1. The van der Waals surface area contributed by atoms with E-state index in [9.17, 15) is 9.50 Å². The second-order valence-corrected chi connectivity index (χ2v) is 6.52. The van der Waals surface area contributed by atoms with Crippen LogP contribution in [-0.2, 0) is 15.9 Å². The van der Waals surface area contributed by atoms with Gasteiger partial charge < -0.3 is 20.1 Å². The average molecular weight is 307 g/mol. The van der Waals surface area contributed by atoms with Crippen molar-refractivity contribution >= 4 is 13.2 Å². The zero-order chi connectivity index (χ0) is 16.5. The molecule has 1 fully saturated rings. The quantitative estimate of drug-likeness (QED) is 0.838. The third-order valence-electron chi connectivity index (χ3n) is 4.39. The first kappa shape index (κ1) is 17.2. The minimum atomic E-state index is -0.646. The molecule has 1 aromatic carbocycles. The maximum Gasteiger partial charge on any atom is 0.492 e. The zero-order valence-corrected chi connectivity index (χ0v) is 13.5. The van der Waals surface area contributed by atoms with E-state index in [1.54, 1.807) is 18.2 Å². The molecule has 0 radical (unpaired) electrons. The zero-order valence-electron chi connectivity index (χ0n) is 13.5. The van der Waals surface area contributed by atoms with Crippen LogP contribution < -0.4 is 5.73 Å². The highest BCUT2D eigenvalue weighted by Crippen LogP contribution is 2.38. The van der Waals surface area contributed by atoms with E-state index >= 15 is 0 Å². The molecule has 4 nitrogen and oxygen atoms in total. The van der Waals surface area contributed by atoms with Gasteiger partial charge in [0.1, 0.15) is 5.82 Å². The molecule has 0 bridgehead atoms. The number of nitrogens with two attached hydrogens (primary N) is 1. The van der Waals surface area contributed by atoms with Crippen LogP contribution in [0.5, 0.6) is 0 Å². The molecule has 0 amide bonds. The van der Waals surface area contributed by atoms with Crippen LogP contribution in [0, 0.1) is 5.82 Å². The molecule has 1 heterocycles. The molecule has 1 aliphatic heterocycles. The molecule has 6 heteroatoms. The minimum Gasteiger partial charge on any atom is -0.400 e. The molecule has 120 valence electrons. The lowest BCUT2D eigenvalue weighted by atomic mass is 9.77. The smallest absolute Gasteiger partial charge is 0.400 e. The van der Waals surface area contributed by atoms with Gasteiger partial charge in [0.2, 0.25) is 0 Å². The molecule has 2 rings (SSSR count). The van der Waals surface area contributed by atoms with E-state index in [4.69, 9.17) is 15.0 Å². The molecule has 1 aromatic rings. The van der Waals surface area contributed by atoms with Gasteiger partial charge in [0.15, 0.2) is 0 Å². The molecule has 3 N–H and O–H groups in total. The number of rotatable bonds is 4. The molecule has 0 spiro atoms. The molecule has 1 aliphatic rings. The van der Waals surface area contributed by atoms with Crippen molar-refractivity contribution in [2.45, 2.75) is 45.4 Å². The Labute approximate surface area is 131 Å². The summed E-state index contributed by atoms with van der Waals surface area (Å²) >= 11 is 0. The number of hydrogen-bond donors (Lipinski definition) is 2. The van der Waals surface area contributed by atoms with Gasteiger partial charge in [-0.05, 0) is 44.8 Å². The Morgan fingerprint density at radius 1 is 1.27 bits per heavy atom. The summed E-state index contributed by atoms with van der Waals surface area (Å²) in [6, 6.07) is 4.79. The second kappa shape index (κ2) is 6.12. The van der Waals surface area contributed by atoms with E-state index in [0.29, 0.717) is 16.6 Å². The van der Waals surface area contributed by atoms with Crippen LogP contribution in [0.1, 0.15) is 38.8 Å². The van der Waals surface area contributed by atoms with Gasteiger partial charge in [0.25, 0.3) is 0 Å². The summed E-state index contributed by atoms with van der Waals surface area (Å²) in [7, 11) is -0.646. The average Bonchev–Trinajstić information content (AvgIpc) is 2.65. The van der Waals surface area contributed by atoms with Crippen molar-refractivity contribution in [2.24, 2.45) is 5.73 Å². The van der Waals surface area contributed by atoms with E-state index < -0.39 is 18.3 Å². The van der Waals surface area contributed by atoms with Crippen molar-refractivity contribution in [1.29, 1.82) is 0 Å². The van der Waals surface area contributed by atoms with Crippen molar-refractivity contribution in [3.8, 4) is 0 Å². The van der Waals surface area contributed by atoms with E-state index in [2.05, 4.69) is 0 Å². The first-order chi connectivity index (χ1) is 10.2. The molecule has 0 aromatic heterocycles. The van der Waals surface area contributed by atoms with Gasteiger partial charge in [0.05, 0.1) is 17.8 Å². The third kappa shape index (κ3) is 3.25. The van der Waals surface area contributed by atoms with Gasteiger partial charge >= 0.3 is 7.12 Å². The van der Waals surface area contributed by atoms with Gasteiger partial charge in [-0.2, -0.15) is 0 Å². The van der Waals surface area contributed by atoms with Crippen molar-refractivity contribution in [1.82, 2.24) is 0 Å². The van der Waals surface area contributed by atoms with Gasteiger partial charge in [-0.15, -0.1) is 0 Å². The highest BCUT2D eigenvalue weighted by Gasteiger charge is 2.52. The molecule has 22 heavy (non-hydrogen) atoms. The van der Waals surface area contributed by atoms with Crippen LogP contribution >= 0.6 is 0 Å². The monoisotopic (exact) mass is 307 g/mol. The fourth-order valence-corrected chi connectivity index (χ4v) is 2.22. The maximum absolute atomic E-state index is 13.8. The van der Waals surface area contributed by atoms with Crippen LogP contribution in [0.15, 0.2) is 23.7 Å². The molecule has 0 aliphatic carbocycles. The fourth-order valence-electron chi connectivity index (χ4n) is 2.22. The van der Waals surface area contributed by atoms with Crippen molar-refractivity contribution in [3.05, 3.63) is 40.6 Å². The lowest BCUT2D eigenvalue weighted by Crippen LogP contribution is -2.41. The Morgan fingerprint density at radius 2 is 1.86 bits per heavy atom. The number of halogens is 1. The van der Waals surface area contributed by atoms with Gasteiger partial charge in [-0.3, -0.25) is 0 Å². The second-order valence-electron chi connectivity index (χ2n) is 6.52. The number of hydrogen-bond acceptors (Lipinski definition) is 4. The first-order valence-corrected chi connectivity index (χ1v) is 7.35. The maximum atomic E-state index is 13.8. The van der Waals surface area contributed by atoms with E-state index in [1.807, 2.05) is 27.7 Å². The molecule has 0 atom stereocenters. The van der Waals surface area contributed by atoms with E-state index in [0.717, 1.165) is 0 Å². The Balaban J connectivity index is 2.27. The van der Waals surface area contributed by atoms with Crippen LogP contribution in [0.25, 0.3) is 6.08 Å². The number of aliphatic hydroxyl groups is 1. The van der Waals surface area contributed by atoms with E-state index in [-0.39, 0.29) is 19.0 Å². The van der Waals surface area contributed by atoms with Crippen LogP contribution in [0.3, 0.4) is 0 Å². The standard InChI is InChI=1S/C16H23BFNO3/c1-15(2)16(3,4)22-17(21-15)13(10-20)7-11-5-6-12(9-19)14(18)8-11/h5-8,20H,9-10,19H2,1-4H3. The summed E-state index contributed by atoms with van der Waals surface area (Å²) in [4.78, 5) is 0. The van der Waals surface area contributed by atoms with Crippen LogP contribution in [0.4, 0.5) is 4.39 Å². The topological polar surface area (TPSA) is 64.7 Å². The summed E-state index contributed by atoms with van der Waals surface area (Å²) in [5, 5.41) is 9.62. The Hall–Kier alpha value is -1.21. The largest absolute Gasteiger partial charge is 0.492 e. The predicted octanol–water partition coefficient (Wildman–Crippen LogP) is 2.29. The summed E-state index contributed by atoms with van der Waals surface area (Å²) in [6.07, 6.45) is 1.69. The lowest BCUT2D eigenvalue weighted by molar-refractivity contribution is 0.00578. The fraction of sp³-hybridized carbons (Fsp3) is 0.500. The van der Waals surface area contributed by atoms with Gasteiger partial charge in [0, 0.05) is 12.1 Å². The number of benzene rings is 1. The molecule has 0 saturated carbocycles. The summed E-state index contributed by atoms with van der Waals surface area (Å²) < 4.78 is 25.6. The van der Waals surface area contributed by atoms with Crippen LogP contribution in [0.2, 0.25) is 0 Å².